The van der Waals surface area contributed by atoms with E-state index in [0.717, 1.165) is 33.7 Å². The Morgan fingerprint density at radius 2 is 1.69 bits per heavy atom. The van der Waals surface area contributed by atoms with Gasteiger partial charge in [-0.05, 0) is 36.2 Å². The summed E-state index contributed by atoms with van der Waals surface area (Å²) < 4.78 is 41.8. The number of anilines is 2. The first-order chi connectivity index (χ1) is 23.5. The molecule has 3 aromatic heterocycles. The molecule has 0 radical (unpaired) electrons. The van der Waals surface area contributed by atoms with Crippen molar-refractivity contribution in [1.29, 1.82) is 0 Å². The molecule has 0 bridgehead atoms. The largest absolute Gasteiger partial charge is 0.453 e. The molecule has 0 unspecified atom stereocenters. The number of hydrogen-bond acceptors (Lipinski definition) is 11. The Balaban J connectivity index is 0.000000486. The van der Waals surface area contributed by atoms with Crippen LogP contribution in [0.15, 0.2) is 71.4 Å². The maximum Gasteiger partial charge on any atom is 0.212 e. The van der Waals surface area contributed by atoms with Gasteiger partial charge >= 0.3 is 0 Å². The molecule has 1 amide bonds. The molecule has 5 rings (SSSR count). The lowest BCUT2D eigenvalue weighted by Gasteiger charge is -2.09. The van der Waals surface area contributed by atoms with Gasteiger partial charge in [-0.3, -0.25) is 9.78 Å². The van der Waals surface area contributed by atoms with E-state index in [-0.39, 0.29) is 5.75 Å². The molecular formula is C35H44FN5O6S. The average molecular weight is 682 g/mol. The number of carbonyl (C=O) groups is 1. The number of rotatable bonds is 17. The number of carbonyl (C=O) groups excluding carboxylic acids is 1. The quantitative estimate of drug-likeness (QED) is 0.0680. The summed E-state index contributed by atoms with van der Waals surface area (Å²) in [6, 6.07) is 18.7. The van der Waals surface area contributed by atoms with Gasteiger partial charge in [0.25, 0.3) is 0 Å². The summed E-state index contributed by atoms with van der Waals surface area (Å²) in [5, 5.41) is 12.1. The van der Waals surface area contributed by atoms with Crippen molar-refractivity contribution in [2.75, 3.05) is 64.4 Å². The van der Waals surface area contributed by atoms with Crippen molar-refractivity contribution in [3.8, 4) is 21.9 Å². The number of benzene rings is 2. The minimum atomic E-state index is -0.420. The molecule has 0 aliphatic rings. The van der Waals surface area contributed by atoms with Crippen molar-refractivity contribution in [3.63, 3.8) is 0 Å². The van der Waals surface area contributed by atoms with Crippen LogP contribution in [0.2, 0.25) is 0 Å². The van der Waals surface area contributed by atoms with Gasteiger partial charge in [-0.15, -0.1) is 11.3 Å². The van der Waals surface area contributed by atoms with Crippen LogP contribution in [0.1, 0.15) is 25.2 Å². The van der Waals surface area contributed by atoms with Gasteiger partial charge in [0.1, 0.15) is 11.5 Å². The molecule has 3 heterocycles. The number of nitrogens with zero attached hydrogens (tertiary/aromatic N) is 2. The lowest BCUT2D eigenvalue weighted by atomic mass is 10.1. The molecule has 3 N–H and O–H groups in total. The molecule has 0 aliphatic carbocycles. The first-order valence-corrected chi connectivity index (χ1v) is 16.4. The van der Waals surface area contributed by atoms with Gasteiger partial charge in [0.05, 0.1) is 43.3 Å². The number of ether oxygens (including phenoxy) is 4. The van der Waals surface area contributed by atoms with Gasteiger partial charge in [-0.25, -0.2) is 4.39 Å². The fourth-order valence-electron chi connectivity index (χ4n) is 4.12. The monoisotopic (exact) mass is 681 g/mol. The van der Waals surface area contributed by atoms with Crippen LogP contribution >= 0.6 is 11.3 Å². The van der Waals surface area contributed by atoms with Crippen molar-refractivity contribution < 1.29 is 32.7 Å². The Morgan fingerprint density at radius 1 is 0.938 bits per heavy atom. The van der Waals surface area contributed by atoms with Crippen LogP contribution < -0.4 is 20.7 Å². The number of amides is 1. The van der Waals surface area contributed by atoms with E-state index < -0.39 is 5.82 Å². The normalized spacial score (nSPS) is 10.5. The zero-order chi connectivity index (χ0) is 34.6. The van der Waals surface area contributed by atoms with E-state index in [9.17, 15) is 9.18 Å². The summed E-state index contributed by atoms with van der Waals surface area (Å²) in [5.74, 6) is 1.47. The molecule has 48 heavy (non-hydrogen) atoms. The number of halogens is 1. The molecule has 0 saturated heterocycles. The predicted molar refractivity (Wildman–Crippen MR) is 189 cm³/mol. The Labute approximate surface area is 284 Å². The lowest BCUT2D eigenvalue weighted by molar-refractivity contribution is -0.105. The molecule has 0 aliphatic heterocycles. The van der Waals surface area contributed by atoms with Gasteiger partial charge in [0, 0.05) is 62.2 Å². The minimum Gasteiger partial charge on any atom is -0.453 e. The van der Waals surface area contributed by atoms with Gasteiger partial charge in [0.2, 0.25) is 6.41 Å². The second-order valence-electron chi connectivity index (χ2n) is 9.81. The van der Waals surface area contributed by atoms with Crippen LogP contribution in [0.4, 0.5) is 15.9 Å². The highest BCUT2D eigenvalue weighted by molar-refractivity contribution is 7.22. The highest BCUT2D eigenvalue weighted by atomic mass is 32.1. The van der Waals surface area contributed by atoms with E-state index in [1.807, 2.05) is 19.9 Å². The van der Waals surface area contributed by atoms with E-state index in [1.165, 1.54) is 11.6 Å². The van der Waals surface area contributed by atoms with E-state index >= 15 is 0 Å². The van der Waals surface area contributed by atoms with Crippen LogP contribution in [0.3, 0.4) is 0 Å². The maximum absolute atomic E-state index is 14.5. The minimum absolute atomic E-state index is 0.180. The first kappa shape index (κ1) is 38.1. The summed E-state index contributed by atoms with van der Waals surface area (Å²) in [4.78, 5) is 15.3. The van der Waals surface area contributed by atoms with Crippen LogP contribution in [0.25, 0.3) is 20.7 Å². The number of methoxy groups -OCH3 is 1. The Bertz CT molecular complexity index is 1650. The molecule has 0 spiro atoms. The summed E-state index contributed by atoms with van der Waals surface area (Å²) in [6.45, 7) is 10.3. The van der Waals surface area contributed by atoms with Crippen molar-refractivity contribution in [3.05, 3.63) is 84.0 Å². The number of fused-ring (bicyclic) bond motifs is 1. The maximum atomic E-state index is 14.5. The van der Waals surface area contributed by atoms with E-state index in [1.54, 1.807) is 62.9 Å². The highest BCUT2D eigenvalue weighted by Crippen LogP contribution is 2.39. The Hall–Kier alpha value is -4.40. The fourth-order valence-corrected chi connectivity index (χ4v) is 5.19. The average Bonchev–Trinajstić information content (AvgIpc) is 3.74. The third-order valence-corrected chi connectivity index (χ3v) is 7.63. The second kappa shape index (κ2) is 21.5. The Morgan fingerprint density at radius 3 is 2.35 bits per heavy atom. The number of nitrogens with one attached hydrogen (secondary N) is 3. The van der Waals surface area contributed by atoms with Crippen molar-refractivity contribution in [2.24, 2.45) is 0 Å². The molecule has 0 fully saturated rings. The second-order valence-corrected chi connectivity index (χ2v) is 10.9. The van der Waals surface area contributed by atoms with Crippen LogP contribution in [-0.2, 0) is 25.5 Å². The molecule has 258 valence electrons. The summed E-state index contributed by atoms with van der Waals surface area (Å²) in [5.41, 5.74) is 3.80. The Kier molecular flexibility index (Phi) is 17.0. The zero-order valence-corrected chi connectivity index (χ0v) is 28.8. The van der Waals surface area contributed by atoms with E-state index in [4.69, 9.17) is 18.9 Å². The zero-order valence-electron chi connectivity index (χ0n) is 28.0. The smallest absolute Gasteiger partial charge is 0.212 e. The molecule has 2 aromatic carbocycles. The fraction of sp³-hybridized carbons (Fsp3) is 0.343. The third kappa shape index (κ3) is 12.3. The van der Waals surface area contributed by atoms with Crippen LogP contribution in [0.5, 0.6) is 11.5 Å². The topological polar surface area (TPSA) is 129 Å². The number of aryl methyl sites for hydroxylation is 1. The molecule has 0 atom stereocenters. The number of pyridine rings is 1. The summed E-state index contributed by atoms with van der Waals surface area (Å²) in [7, 11) is 3.40. The van der Waals surface area contributed by atoms with E-state index in [2.05, 4.69) is 54.9 Å². The van der Waals surface area contributed by atoms with Crippen LogP contribution in [-0.4, -0.2) is 70.3 Å². The summed E-state index contributed by atoms with van der Waals surface area (Å²) >= 11 is 1.58. The standard InChI is InChI=1S/C28H32FN3O4S.C5H6N2O2.C2H6/c1-30-22-7-8-25(23(29)17-22)36-26-9-10-32-24-18-27(37-28(24)26)21-5-3-20(4-6-21)19-31-11-12-34-15-16-35-14-13-33-2;1-4-2-5(6-3-8)7-9-4;1-2/h3-10,17-18,30-31H,11-16,19H2,1-2H3;2-3H,1H3,(H,6,7,8);1-2H3. The SMILES string of the molecule is CC.CNc1ccc(Oc2ccnc3cc(-c4ccc(CNCCOCCOCCOC)cc4)sc23)c(F)c1.Cc1cc(NC=O)no1. The number of hydrogen-bond donors (Lipinski definition) is 3. The first-order valence-electron chi connectivity index (χ1n) is 15.6. The van der Waals surface area contributed by atoms with Crippen molar-refractivity contribution >= 4 is 39.5 Å². The molecule has 13 heteroatoms. The van der Waals surface area contributed by atoms with Gasteiger partial charge in [0.15, 0.2) is 17.4 Å². The predicted octanol–water partition coefficient (Wildman–Crippen LogP) is 7.28. The number of thiophene rings is 1. The molecule has 0 saturated carbocycles. The third-order valence-electron chi connectivity index (χ3n) is 6.45. The van der Waals surface area contributed by atoms with E-state index in [0.29, 0.717) is 62.5 Å². The molecular weight excluding hydrogens is 637 g/mol. The van der Waals surface area contributed by atoms with Gasteiger partial charge < -0.3 is 39.4 Å². The molecule has 11 nitrogen and oxygen atoms in total. The van der Waals surface area contributed by atoms with Gasteiger partial charge in [-0.1, -0.05) is 43.3 Å². The van der Waals surface area contributed by atoms with Crippen LogP contribution in [0, 0.1) is 12.7 Å². The summed E-state index contributed by atoms with van der Waals surface area (Å²) in [6.07, 6.45) is 2.23. The van der Waals surface area contributed by atoms with Crippen molar-refractivity contribution in [2.45, 2.75) is 27.3 Å². The lowest BCUT2D eigenvalue weighted by Crippen LogP contribution is -2.20. The van der Waals surface area contributed by atoms with Crippen molar-refractivity contribution in [1.82, 2.24) is 15.5 Å². The van der Waals surface area contributed by atoms with Gasteiger partial charge in [-0.2, -0.15) is 0 Å². The number of aromatic nitrogens is 2. The highest BCUT2D eigenvalue weighted by Gasteiger charge is 2.13. The molecule has 5 aromatic rings.